The Morgan fingerprint density at radius 2 is 1.56 bits per heavy atom. The first-order valence-electron chi connectivity index (χ1n) is 10.9. The summed E-state index contributed by atoms with van der Waals surface area (Å²) in [5.74, 6) is -2.58. The minimum absolute atomic E-state index is 0.108. The Hall–Kier alpha value is -4.51. The van der Waals surface area contributed by atoms with Crippen LogP contribution in [-0.4, -0.2) is 37.1 Å². The first-order valence-corrected chi connectivity index (χ1v) is 10.9. The maximum Gasteiger partial charge on any atom is 0.278 e. The van der Waals surface area contributed by atoms with Gasteiger partial charge in [-0.1, -0.05) is 18.2 Å². The van der Waals surface area contributed by atoms with Gasteiger partial charge in [-0.25, -0.2) is 14.4 Å². The molecule has 0 aromatic heterocycles. The van der Waals surface area contributed by atoms with Gasteiger partial charge in [-0.15, -0.1) is 0 Å². The number of rotatable bonds is 6. The summed E-state index contributed by atoms with van der Waals surface area (Å²) in [5.41, 5.74) is 0.450. The molecule has 0 unspecified atom stereocenters. The molecule has 2 aliphatic heterocycles. The molecule has 10 nitrogen and oxygen atoms in total. The van der Waals surface area contributed by atoms with Gasteiger partial charge in [0.2, 0.25) is 5.91 Å². The average molecular weight is 493 g/mol. The standard InChI is InChI=1S/C25H20FN3O7/c1-34-19-12-17(18(29(32)33)13-20(19)35-2)22-21-23(36-28(22)16-6-4-3-5-7-16)25(31)27(24(21)30)15-10-8-14(26)9-11-15/h3-13,21-23H,1-2H3/t21-,22-,23-/m1/s1. The van der Waals surface area contributed by atoms with Crippen LogP contribution >= 0.6 is 0 Å². The monoisotopic (exact) mass is 493 g/mol. The predicted molar refractivity (Wildman–Crippen MR) is 125 cm³/mol. The topological polar surface area (TPSA) is 111 Å². The summed E-state index contributed by atoms with van der Waals surface area (Å²) in [6.07, 6.45) is -1.25. The molecular formula is C25H20FN3O7. The van der Waals surface area contributed by atoms with Crippen LogP contribution in [0.25, 0.3) is 0 Å². The van der Waals surface area contributed by atoms with Gasteiger partial charge in [-0.3, -0.25) is 24.5 Å². The van der Waals surface area contributed by atoms with Crippen LogP contribution in [0.4, 0.5) is 21.5 Å². The molecule has 36 heavy (non-hydrogen) atoms. The van der Waals surface area contributed by atoms with E-state index in [9.17, 15) is 24.1 Å². The summed E-state index contributed by atoms with van der Waals surface area (Å²) < 4.78 is 24.1. The van der Waals surface area contributed by atoms with Crippen molar-refractivity contribution in [2.75, 3.05) is 24.2 Å². The normalized spacial score (nSPS) is 21.0. The molecule has 3 aromatic carbocycles. The van der Waals surface area contributed by atoms with Crippen molar-refractivity contribution >= 4 is 28.9 Å². The Morgan fingerprint density at radius 1 is 0.917 bits per heavy atom. The summed E-state index contributed by atoms with van der Waals surface area (Å²) in [4.78, 5) is 45.5. The smallest absolute Gasteiger partial charge is 0.278 e. The highest BCUT2D eigenvalue weighted by Gasteiger charge is 2.61. The lowest BCUT2D eigenvalue weighted by molar-refractivity contribution is -0.385. The Kier molecular flexibility index (Phi) is 5.77. The Bertz CT molecular complexity index is 1350. The third-order valence-electron chi connectivity index (χ3n) is 6.26. The van der Waals surface area contributed by atoms with Gasteiger partial charge in [0.25, 0.3) is 11.6 Å². The Balaban J connectivity index is 1.68. The van der Waals surface area contributed by atoms with E-state index < -0.39 is 40.6 Å². The van der Waals surface area contributed by atoms with Crippen LogP contribution in [0.15, 0.2) is 66.7 Å². The highest BCUT2D eigenvalue weighted by atomic mass is 19.1. The number of benzene rings is 3. The lowest BCUT2D eigenvalue weighted by Gasteiger charge is -2.29. The lowest BCUT2D eigenvalue weighted by atomic mass is 9.89. The van der Waals surface area contributed by atoms with E-state index in [4.69, 9.17) is 14.3 Å². The molecule has 2 amide bonds. The number of hydrogen-bond donors (Lipinski definition) is 0. The van der Waals surface area contributed by atoms with Gasteiger partial charge in [0.05, 0.1) is 42.1 Å². The van der Waals surface area contributed by atoms with E-state index in [0.717, 1.165) is 17.0 Å². The van der Waals surface area contributed by atoms with Crippen molar-refractivity contribution in [1.82, 2.24) is 0 Å². The molecule has 2 heterocycles. The Labute approximate surface area is 204 Å². The minimum Gasteiger partial charge on any atom is -0.493 e. The first-order chi connectivity index (χ1) is 17.3. The van der Waals surface area contributed by atoms with E-state index in [1.807, 2.05) is 0 Å². The van der Waals surface area contributed by atoms with E-state index >= 15 is 0 Å². The number of halogens is 1. The second-order valence-corrected chi connectivity index (χ2v) is 8.17. The SMILES string of the molecule is COc1cc([C@@H]2[C@H]3C(=O)N(c4ccc(F)cc4)C(=O)[C@@H]3ON2c2ccccc2)c([N+](=O)[O-])cc1OC. The number of nitro benzene ring substituents is 1. The molecule has 0 N–H and O–H groups in total. The van der Waals surface area contributed by atoms with Crippen LogP contribution in [0.2, 0.25) is 0 Å². The molecule has 0 spiro atoms. The van der Waals surface area contributed by atoms with Gasteiger partial charge < -0.3 is 9.47 Å². The van der Waals surface area contributed by atoms with E-state index in [2.05, 4.69) is 0 Å². The van der Waals surface area contributed by atoms with Crippen molar-refractivity contribution in [2.24, 2.45) is 5.92 Å². The second-order valence-electron chi connectivity index (χ2n) is 8.17. The molecule has 5 rings (SSSR count). The van der Waals surface area contributed by atoms with Crippen LogP contribution in [-0.2, 0) is 14.4 Å². The second kappa shape index (κ2) is 8.93. The number of carbonyl (C=O) groups excluding carboxylic acids is 2. The fourth-order valence-electron chi connectivity index (χ4n) is 4.65. The maximum absolute atomic E-state index is 13.7. The Morgan fingerprint density at radius 3 is 2.17 bits per heavy atom. The lowest BCUT2D eigenvalue weighted by Crippen LogP contribution is -2.37. The summed E-state index contributed by atoms with van der Waals surface area (Å²) in [5, 5.41) is 13.4. The number of imide groups is 1. The van der Waals surface area contributed by atoms with Gasteiger partial charge >= 0.3 is 0 Å². The summed E-state index contributed by atoms with van der Waals surface area (Å²) >= 11 is 0. The van der Waals surface area contributed by atoms with Crippen LogP contribution in [0.5, 0.6) is 11.5 Å². The summed E-state index contributed by atoms with van der Waals surface area (Å²) in [6, 6.07) is 15.1. The van der Waals surface area contributed by atoms with Crippen molar-refractivity contribution in [3.8, 4) is 11.5 Å². The zero-order valence-electron chi connectivity index (χ0n) is 19.2. The third kappa shape index (κ3) is 3.60. The molecule has 184 valence electrons. The number of carbonyl (C=O) groups is 2. The van der Waals surface area contributed by atoms with Crippen molar-refractivity contribution in [1.29, 1.82) is 0 Å². The van der Waals surface area contributed by atoms with Gasteiger partial charge in [0, 0.05) is 0 Å². The van der Waals surface area contributed by atoms with Crippen LogP contribution < -0.4 is 19.4 Å². The molecule has 0 aliphatic carbocycles. The molecular weight excluding hydrogens is 473 g/mol. The van der Waals surface area contributed by atoms with Crippen molar-refractivity contribution in [2.45, 2.75) is 12.1 Å². The van der Waals surface area contributed by atoms with Crippen molar-refractivity contribution in [3.63, 3.8) is 0 Å². The van der Waals surface area contributed by atoms with E-state index in [1.54, 1.807) is 30.3 Å². The number of para-hydroxylation sites is 1. The molecule has 0 bridgehead atoms. The summed E-state index contributed by atoms with van der Waals surface area (Å²) in [7, 11) is 2.74. The third-order valence-corrected chi connectivity index (χ3v) is 6.26. The zero-order chi connectivity index (χ0) is 25.6. The predicted octanol–water partition coefficient (Wildman–Crippen LogP) is 3.80. The largest absolute Gasteiger partial charge is 0.493 e. The first kappa shape index (κ1) is 23.2. The van der Waals surface area contributed by atoms with Gasteiger partial charge in [-0.05, 0) is 42.5 Å². The van der Waals surface area contributed by atoms with Crippen LogP contribution in [0.1, 0.15) is 11.6 Å². The van der Waals surface area contributed by atoms with Gasteiger partial charge in [0.15, 0.2) is 17.6 Å². The highest BCUT2D eigenvalue weighted by molar-refractivity contribution is 6.24. The molecule has 0 radical (unpaired) electrons. The van der Waals surface area contributed by atoms with E-state index in [0.29, 0.717) is 5.69 Å². The highest BCUT2D eigenvalue weighted by Crippen LogP contribution is 2.51. The molecule has 3 atom stereocenters. The molecule has 2 fully saturated rings. The number of hydrogen-bond acceptors (Lipinski definition) is 8. The van der Waals surface area contributed by atoms with Gasteiger partial charge in [-0.2, -0.15) is 0 Å². The number of methoxy groups -OCH3 is 2. The molecule has 2 aliphatic rings. The maximum atomic E-state index is 13.7. The zero-order valence-corrected chi connectivity index (χ0v) is 19.2. The minimum atomic E-state index is -1.25. The average Bonchev–Trinajstić information content (AvgIpc) is 3.40. The van der Waals surface area contributed by atoms with Crippen LogP contribution in [0.3, 0.4) is 0 Å². The van der Waals surface area contributed by atoms with Crippen LogP contribution in [0, 0.1) is 21.8 Å². The number of fused-ring (bicyclic) bond motifs is 1. The molecule has 2 saturated heterocycles. The molecule has 0 saturated carbocycles. The number of amides is 2. The number of nitrogens with zero attached hydrogens (tertiary/aromatic N) is 3. The summed E-state index contributed by atoms with van der Waals surface area (Å²) in [6.45, 7) is 0. The number of ether oxygens (including phenoxy) is 2. The molecule has 11 heteroatoms. The van der Waals surface area contributed by atoms with Gasteiger partial charge in [0.1, 0.15) is 17.8 Å². The number of hydroxylamine groups is 1. The fraction of sp³-hybridized carbons (Fsp3) is 0.200. The fourth-order valence-corrected chi connectivity index (χ4v) is 4.65. The van der Waals surface area contributed by atoms with Crippen molar-refractivity contribution < 1.29 is 33.2 Å². The van der Waals surface area contributed by atoms with Crippen molar-refractivity contribution in [3.05, 3.63) is 88.2 Å². The quantitative estimate of drug-likeness (QED) is 0.290. The molecule has 3 aromatic rings. The number of anilines is 2. The van der Waals surface area contributed by atoms with E-state index in [1.165, 1.54) is 43.5 Å². The number of nitro groups is 1. The van der Waals surface area contributed by atoms with E-state index in [-0.39, 0.29) is 28.4 Å².